The number of hydrogen-bond donors (Lipinski definition) is 1. The van der Waals surface area contributed by atoms with E-state index in [9.17, 15) is 0 Å². The van der Waals surface area contributed by atoms with E-state index in [2.05, 4.69) is 52.1 Å². The second-order valence-corrected chi connectivity index (χ2v) is 4.86. The van der Waals surface area contributed by atoms with Gasteiger partial charge in [-0.2, -0.15) is 0 Å². The van der Waals surface area contributed by atoms with Crippen LogP contribution in [0.15, 0.2) is 41.4 Å². The Morgan fingerprint density at radius 2 is 2.12 bits per heavy atom. The van der Waals surface area contributed by atoms with Crippen molar-refractivity contribution >= 4 is 15.9 Å². The van der Waals surface area contributed by atoms with Crippen molar-refractivity contribution in [2.45, 2.75) is 12.5 Å². The van der Waals surface area contributed by atoms with Gasteiger partial charge in [-0.1, -0.05) is 52.8 Å². The van der Waals surface area contributed by atoms with E-state index in [4.69, 9.17) is 4.74 Å². The monoisotopic (exact) mass is 283 g/mol. The Hall–Kier alpha value is -0.640. The minimum Gasteiger partial charge on any atom is -0.383 e. The third-order valence-electron chi connectivity index (χ3n) is 2.28. The van der Waals surface area contributed by atoms with Crippen LogP contribution in [0.5, 0.6) is 0 Å². The normalized spacial score (nSPS) is 12.4. The summed E-state index contributed by atoms with van der Waals surface area (Å²) >= 11 is 3.34. The van der Waals surface area contributed by atoms with Crippen molar-refractivity contribution in [2.24, 2.45) is 0 Å². The number of methoxy groups -OCH3 is 1. The highest BCUT2D eigenvalue weighted by atomic mass is 79.9. The molecule has 0 aromatic heterocycles. The molecule has 0 aliphatic rings. The Balaban J connectivity index is 2.47. The van der Waals surface area contributed by atoms with Gasteiger partial charge in [0.15, 0.2) is 0 Å². The van der Waals surface area contributed by atoms with Crippen LogP contribution in [0.25, 0.3) is 0 Å². The third kappa shape index (κ3) is 5.45. The summed E-state index contributed by atoms with van der Waals surface area (Å²) in [5, 5.41) is 3.40. The van der Waals surface area contributed by atoms with Crippen molar-refractivity contribution in [3.8, 4) is 0 Å². The molecule has 0 saturated carbocycles. The molecule has 3 heteroatoms. The van der Waals surface area contributed by atoms with E-state index >= 15 is 0 Å². The summed E-state index contributed by atoms with van der Waals surface area (Å²) in [5.41, 5.74) is 1.32. The van der Waals surface area contributed by atoms with Gasteiger partial charge >= 0.3 is 0 Å². The molecule has 1 N–H and O–H groups in total. The van der Waals surface area contributed by atoms with Gasteiger partial charge in [-0.3, -0.25) is 0 Å². The largest absolute Gasteiger partial charge is 0.383 e. The van der Waals surface area contributed by atoms with Crippen LogP contribution in [-0.2, 0) is 11.2 Å². The molecule has 1 unspecified atom stereocenters. The number of nitrogens with one attached hydrogen (secondary N) is 1. The number of rotatable bonds is 7. The Morgan fingerprint density at radius 3 is 2.69 bits per heavy atom. The molecule has 0 amide bonds. The molecule has 0 spiro atoms. The average Bonchev–Trinajstić information content (AvgIpc) is 2.27. The topological polar surface area (TPSA) is 21.3 Å². The third-order valence-corrected chi connectivity index (χ3v) is 2.56. The van der Waals surface area contributed by atoms with Gasteiger partial charge in [0.05, 0.1) is 6.61 Å². The van der Waals surface area contributed by atoms with Crippen molar-refractivity contribution in [2.75, 3.05) is 20.3 Å². The second kappa shape index (κ2) is 7.60. The molecular formula is C13H18BrNO. The van der Waals surface area contributed by atoms with Gasteiger partial charge in [-0.05, 0) is 12.0 Å². The van der Waals surface area contributed by atoms with Crippen molar-refractivity contribution in [3.05, 3.63) is 47.0 Å². The van der Waals surface area contributed by atoms with Crippen molar-refractivity contribution < 1.29 is 4.74 Å². The van der Waals surface area contributed by atoms with Gasteiger partial charge in [0, 0.05) is 24.2 Å². The van der Waals surface area contributed by atoms with Crippen molar-refractivity contribution in [3.63, 3.8) is 0 Å². The minimum absolute atomic E-state index is 0.321. The molecule has 1 aromatic rings. The van der Waals surface area contributed by atoms with Crippen LogP contribution in [0.1, 0.15) is 5.56 Å². The average molecular weight is 284 g/mol. The smallest absolute Gasteiger partial charge is 0.0619 e. The molecular weight excluding hydrogens is 266 g/mol. The molecule has 16 heavy (non-hydrogen) atoms. The Bertz CT molecular complexity index is 313. The molecule has 0 bridgehead atoms. The molecule has 0 aliphatic carbocycles. The maximum atomic E-state index is 5.20. The maximum Gasteiger partial charge on any atom is 0.0619 e. The second-order valence-electron chi connectivity index (χ2n) is 3.74. The van der Waals surface area contributed by atoms with Gasteiger partial charge in [0.2, 0.25) is 0 Å². The van der Waals surface area contributed by atoms with Crippen LogP contribution in [-0.4, -0.2) is 26.3 Å². The lowest BCUT2D eigenvalue weighted by atomic mass is 10.1. The summed E-state index contributed by atoms with van der Waals surface area (Å²) < 4.78 is 6.16. The zero-order valence-electron chi connectivity index (χ0n) is 9.58. The fraction of sp³-hybridized carbons (Fsp3) is 0.385. The molecule has 0 radical (unpaired) electrons. The van der Waals surface area contributed by atoms with Crippen LogP contribution >= 0.6 is 15.9 Å². The summed E-state index contributed by atoms with van der Waals surface area (Å²) in [6, 6.07) is 10.7. The van der Waals surface area contributed by atoms with Crippen molar-refractivity contribution in [1.29, 1.82) is 0 Å². The Kier molecular flexibility index (Phi) is 6.38. The van der Waals surface area contributed by atoms with Gasteiger partial charge in [0.1, 0.15) is 0 Å². The molecule has 0 heterocycles. The van der Waals surface area contributed by atoms with Crippen molar-refractivity contribution in [1.82, 2.24) is 5.32 Å². The Labute approximate surface area is 106 Å². The molecule has 2 nitrogen and oxygen atoms in total. The quantitative estimate of drug-likeness (QED) is 0.831. The summed E-state index contributed by atoms with van der Waals surface area (Å²) in [4.78, 5) is 0. The van der Waals surface area contributed by atoms with E-state index in [-0.39, 0.29) is 0 Å². The zero-order valence-corrected chi connectivity index (χ0v) is 11.2. The highest BCUT2D eigenvalue weighted by Crippen LogP contribution is 2.05. The first-order valence-corrected chi connectivity index (χ1v) is 6.11. The predicted octanol–water partition coefficient (Wildman–Crippen LogP) is 2.74. The first-order chi connectivity index (χ1) is 7.72. The molecule has 1 atom stereocenters. The maximum absolute atomic E-state index is 5.20. The standard InChI is InChI=1S/C13H18BrNO/c1-11(14)9-15-13(10-16-2)8-12-6-4-3-5-7-12/h3-7,13,15H,1,8-10H2,2H3. The van der Waals surface area contributed by atoms with Gasteiger partial charge in [-0.25, -0.2) is 0 Å². The van der Waals surface area contributed by atoms with Gasteiger partial charge < -0.3 is 10.1 Å². The van der Waals surface area contributed by atoms with E-state index in [0.29, 0.717) is 12.6 Å². The van der Waals surface area contributed by atoms with Crippen LogP contribution < -0.4 is 5.32 Å². The van der Waals surface area contributed by atoms with Gasteiger partial charge in [-0.15, -0.1) is 0 Å². The summed E-state index contributed by atoms with van der Waals surface area (Å²) in [5.74, 6) is 0. The van der Waals surface area contributed by atoms with Crippen LogP contribution in [0.4, 0.5) is 0 Å². The number of hydrogen-bond acceptors (Lipinski definition) is 2. The van der Waals surface area contributed by atoms with E-state index in [1.807, 2.05) is 6.07 Å². The molecule has 0 saturated heterocycles. The van der Waals surface area contributed by atoms with Crippen LogP contribution in [0.2, 0.25) is 0 Å². The number of ether oxygens (including phenoxy) is 1. The van der Waals surface area contributed by atoms with E-state index in [0.717, 1.165) is 17.4 Å². The lowest BCUT2D eigenvalue weighted by Crippen LogP contribution is -2.35. The van der Waals surface area contributed by atoms with Crippen LogP contribution in [0, 0.1) is 0 Å². The molecule has 0 aliphatic heterocycles. The fourth-order valence-electron chi connectivity index (χ4n) is 1.54. The van der Waals surface area contributed by atoms with E-state index < -0.39 is 0 Å². The summed E-state index contributed by atoms with van der Waals surface area (Å²) in [7, 11) is 1.72. The highest BCUT2D eigenvalue weighted by molar-refractivity contribution is 9.11. The lowest BCUT2D eigenvalue weighted by molar-refractivity contribution is 0.167. The first-order valence-electron chi connectivity index (χ1n) is 5.32. The minimum atomic E-state index is 0.321. The van der Waals surface area contributed by atoms with Crippen LogP contribution in [0.3, 0.4) is 0 Å². The summed E-state index contributed by atoms with van der Waals surface area (Å²) in [6.45, 7) is 5.28. The Morgan fingerprint density at radius 1 is 1.44 bits per heavy atom. The number of halogens is 1. The van der Waals surface area contributed by atoms with E-state index in [1.165, 1.54) is 5.56 Å². The first kappa shape index (κ1) is 13.4. The molecule has 0 fully saturated rings. The molecule has 1 rings (SSSR count). The molecule has 1 aromatic carbocycles. The SMILES string of the molecule is C=C(Br)CNC(COC)Cc1ccccc1. The predicted molar refractivity (Wildman–Crippen MR) is 71.9 cm³/mol. The molecule has 88 valence electrons. The lowest BCUT2D eigenvalue weighted by Gasteiger charge is -2.17. The fourth-order valence-corrected chi connectivity index (χ4v) is 1.71. The van der Waals surface area contributed by atoms with Gasteiger partial charge in [0.25, 0.3) is 0 Å². The highest BCUT2D eigenvalue weighted by Gasteiger charge is 2.08. The zero-order chi connectivity index (χ0) is 11.8. The number of benzene rings is 1. The summed E-state index contributed by atoms with van der Waals surface area (Å²) in [6.07, 6.45) is 0.967. The van der Waals surface area contributed by atoms with E-state index in [1.54, 1.807) is 7.11 Å².